The zero-order valence-corrected chi connectivity index (χ0v) is 15.4. The molecule has 0 radical (unpaired) electrons. The summed E-state index contributed by atoms with van der Waals surface area (Å²) in [6.07, 6.45) is 4.35. The first-order valence-electron chi connectivity index (χ1n) is 8.53. The molecule has 0 saturated carbocycles. The van der Waals surface area contributed by atoms with E-state index in [4.69, 9.17) is 0 Å². The molecule has 26 heavy (non-hydrogen) atoms. The van der Waals surface area contributed by atoms with E-state index >= 15 is 0 Å². The number of benzene rings is 2. The highest BCUT2D eigenvalue weighted by molar-refractivity contribution is 7.85. The maximum atomic E-state index is 11.0. The number of fused-ring (bicyclic) bond motifs is 1. The van der Waals surface area contributed by atoms with Crippen molar-refractivity contribution in [3.63, 3.8) is 0 Å². The van der Waals surface area contributed by atoms with Crippen LogP contribution in [0, 0.1) is 6.92 Å². The molecule has 2 aromatic carbocycles. The number of hydrogen-bond donors (Lipinski definition) is 0. The average Bonchev–Trinajstić information content (AvgIpc) is 2.62. The Kier molecular flexibility index (Phi) is 5.49. The van der Waals surface area contributed by atoms with Gasteiger partial charge in [-0.25, -0.2) is 8.42 Å². The number of nitrogens with zero attached hydrogens (tertiary/aromatic N) is 1. The third kappa shape index (κ3) is 4.56. The lowest BCUT2D eigenvalue weighted by Crippen LogP contribution is -2.39. The molecular weight excluding hydrogens is 346 g/mol. The first-order valence-corrected chi connectivity index (χ1v) is 10.1. The van der Waals surface area contributed by atoms with E-state index in [-0.39, 0.29) is 12.2 Å². The minimum Gasteiger partial charge on any atom is -0.748 e. The molecule has 0 bridgehead atoms. The van der Waals surface area contributed by atoms with Crippen molar-refractivity contribution < 1.29 is 17.5 Å². The lowest BCUT2D eigenvalue weighted by atomic mass is 10.1. The molecule has 4 nitrogen and oxygen atoms in total. The van der Waals surface area contributed by atoms with Crippen LogP contribution < -0.4 is 4.57 Å². The second-order valence-electron chi connectivity index (χ2n) is 6.28. The van der Waals surface area contributed by atoms with Crippen molar-refractivity contribution >= 4 is 33.2 Å². The molecule has 0 aliphatic rings. The summed E-state index contributed by atoms with van der Waals surface area (Å²) in [6.45, 7) is 2.53. The molecular formula is C21H21NO3S. The molecule has 0 saturated heterocycles. The van der Waals surface area contributed by atoms with Gasteiger partial charge in [-0.15, -0.1) is 0 Å². The summed E-state index contributed by atoms with van der Waals surface area (Å²) < 4.78 is 34.9. The summed E-state index contributed by atoms with van der Waals surface area (Å²) in [5, 5.41) is 1.12. The van der Waals surface area contributed by atoms with Gasteiger partial charge in [-0.3, -0.25) is 0 Å². The third-order valence-corrected chi connectivity index (χ3v) is 5.11. The molecule has 0 aliphatic heterocycles. The van der Waals surface area contributed by atoms with Crippen molar-refractivity contribution in [3.05, 3.63) is 77.5 Å². The van der Waals surface area contributed by atoms with E-state index in [1.807, 2.05) is 60.7 Å². The van der Waals surface area contributed by atoms with Gasteiger partial charge in [0.1, 0.15) is 0 Å². The highest BCUT2D eigenvalue weighted by Crippen LogP contribution is 2.18. The molecule has 1 heterocycles. The van der Waals surface area contributed by atoms with Gasteiger partial charge in [0.25, 0.3) is 0 Å². The number of hydrogen-bond acceptors (Lipinski definition) is 3. The topological polar surface area (TPSA) is 61.1 Å². The second-order valence-corrected chi connectivity index (χ2v) is 7.80. The van der Waals surface area contributed by atoms with Crippen LogP contribution in [0.2, 0.25) is 0 Å². The largest absolute Gasteiger partial charge is 0.748 e. The first kappa shape index (κ1) is 18.3. The molecule has 0 spiro atoms. The number of rotatable bonds is 6. The van der Waals surface area contributed by atoms with Crippen molar-refractivity contribution in [2.45, 2.75) is 19.9 Å². The maximum absolute atomic E-state index is 11.0. The Morgan fingerprint density at radius 3 is 2.42 bits per heavy atom. The predicted molar refractivity (Wildman–Crippen MR) is 103 cm³/mol. The van der Waals surface area contributed by atoms with Gasteiger partial charge in [-0.05, 0) is 30.2 Å². The van der Waals surface area contributed by atoms with E-state index in [1.165, 1.54) is 0 Å². The first-order chi connectivity index (χ1) is 12.4. The summed E-state index contributed by atoms with van der Waals surface area (Å²) in [5.41, 5.74) is 4.25. The number of aromatic nitrogens is 1. The summed E-state index contributed by atoms with van der Waals surface area (Å²) in [4.78, 5) is 0. The van der Waals surface area contributed by atoms with Gasteiger partial charge in [0.05, 0.1) is 10.1 Å². The molecule has 0 aliphatic carbocycles. The van der Waals surface area contributed by atoms with Gasteiger partial charge in [-0.2, -0.15) is 4.57 Å². The number of pyridine rings is 1. The minimum atomic E-state index is -4.21. The highest BCUT2D eigenvalue weighted by atomic mass is 32.2. The molecule has 0 atom stereocenters. The van der Waals surface area contributed by atoms with Crippen LogP contribution in [-0.4, -0.2) is 18.7 Å². The number of para-hydroxylation sites is 1. The predicted octanol–water partition coefficient (Wildman–Crippen LogP) is 3.54. The van der Waals surface area contributed by atoms with Crippen molar-refractivity contribution in [3.8, 4) is 0 Å². The number of aryl methyl sites for hydroxylation is 2. The van der Waals surface area contributed by atoms with Crippen molar-refractivity contribution in [2.75, 3.05) is 5.75 Å². The highest BCUT2D eigenvalue weighted by Gasteiger charge is 2.16. The van der Waals surface area contributed by atoms with Gasteiger partial charge in [-0.1, -0.05) is 42.5 Å². The van der Waals surface area contributed by atoms with Crippen LogP contribution in [0.4, 0.5) is 0 Å². The van der Waals surface area contributed by atoms with Crippen LogP contribution >= 0.6 is 0 Å². The lowest BCUT2D eigenvalue weighted by Gasteiger charge is -2.09. The molecule has 1 aromatic heterocycles. The molecule has 0 N–H and O–H groups in total. The Balaban J connectivity index is 2.02. The Morgan fingerprint density at radius 2 is 1.69 bits per heavy atom. The zero-order chi connectivity index (χ0) is 18.6. The van der Waals surface area contributed by atoms with E-state index in [1.54, 1.807) is 0 Å². The summed E-state index contributed by atoms with van der Waals surface area (Å²) in [5.74, 6) is -0.357. The van der Waals surface area contributed by atoms with Gasteiger partial charge >= 0.3 is 0 Å². The lowest BCUT2D eigenvalue weighted by molar-refractivity contribution is -0.673. The van der Waals surface area contributed by atoms with E-state index in [0.29, 0.717) is 6.54 Å². The molecule has 3 aromatic rings. The molecule has 3 rings (SSSR count). The fourth-order valence-electron chi connectivity index (χ4n) is 3.09. The monoisotopic (exact) mass is 367 g/mol. The van der Waals surface area contributed by atoms with Crippen LogP contribution in [-0.2, 0) is 16.7 Å². The Morgan fingerprint density at radius 1 is 1.00 bits per heavy atom. The van der Waals surface area contributed by atoms with Crippen LogP contribution in [0.5, 0.6) is 0 Å². The molecule has 0 fully saturated rings. The molecule has 0 amide bonds. The third-order valence-electron chi connectivity index (χ3n) is 4.32. The van der Waals surface area contributed by atoms with Gasteiger partial charge in [0.15, 0.2) is 6.54 Å². The summed E-state index contributed by atoms with van der Waals surface area (Å²) in [7, 11) is -4.21. The fraction of sp³-hybridized carbons (Fsp3) is 0.190. The van der Waals surface area contributed by atoms with E-state index < -0.39 is 10.1 Å². The minimum absolute atomic E-state index is 0.287. The Bertz CT molecular complexity index is 1040. The summed E-state index contributed by atoms with van der Waals surface area (Å²) in [6, 6.07) is 20.1. The standard InChI is InChI=1S/C21H21NO3S/c1-17-16-19(13-12-18-8-3-2-4-9-18)22(14-7-15-26(23,24)25)21-11-6-5-10-20(17)21/h2-6,8-13,16H,7,14-15H2,1H3/b13-12-. The zero-order valence-electron chi connectivity index (χ0n) is 14.6. The Hall–Kier alpha value is -2.50. The van der Waals surface area contributed by atoms with Crippen LogP contribution in [0.25, 0.3) is 23.1 Å². The Labute approximate surface area is 154 Å². The summed E-state index contributed by atoms with van der Waals surface area (Å²) >= 11 is 0. The van der Waals surface area contributed by atoms with E-state index in [2.05, 4.69) is 23.6 Å². The van der Waals surface area contributed by atoms with Crippen molar-refractivity contribution in [2.24, 2.45) is 0 Å². The van der Waals surface area contributed by atoms with Crippen molar-refractivity contribution in [1.82, 2.24) is 0 Å². The van der Waals surface area contributed by atoms with Crippen molar-refractivity contribution in [1.29, 1.82) is 0 Å². The molecule has 0 unspecified atom stereocenters. The normalized spacial score (nSPS) is 12.1. The quantitative estimate of drug-likeness (QED) is 0.494. The van der Waals surface area contributed by atoms with Crippen LogP contribution in [0.3, 0.4) is 0 Å². The van der Waals surface area contributed by atoms with Crippen LogP contribution in [0.1, 0.15) is 23.2 Å². The van der Waals surface area contributed by atoms with Gasteiger partial charge < -0.3 is 4.55 Å². The molecule has 134 valence electrons. The van der Waals surface area contributed by atoms with E-state index in [0.717, 1.165) is 27.7 Å². The van der Waals surface area contributed by atoms with Gasteiger partial charge in [0, 0.05) is 35.8 Å². The van der Waals surface area contributed by atoms with E-state index in [9.17, 15) is 13.0 Å². The average molecular weight is 367 g/mol. The molecule has 5 heteroatoms. The smallest absolute Gasteiger partial charge is 0.213 e. The second kappa shape index (κ2) is 7.81. The van der Waals surface area contributed by atoms with Crippen LogP contribution in [0.15, 0.2) is 60.7 Å². The SMILES string of the molecule is Cc1cc(/C=C\c2ccccc2)[n+](CCCS(=O)(=O)[O-])c2ccccc12. The maximum Gasteiger partial charge on any atom is 0.213 e. The van der Waals surface area contributed by atoms with Gasteiger partial charge in [0.2, 0.25) is 11.2 Å². The fourth-order valence-corrected chi connectivity index (χ4v) is 3.57.